The summed E-state index contributed by atoms with van der Waals surface area (Å²) in [5.41, 5.74) is 1.28. The summed E-state index contributed by atoms with van der Waals surface area (Å²) in [6, 6.07) is 11.1. The summed E-state index contributed by atoms with van der Waals surface area (Å²) < 4.78 is 34.0. The molecule has 1 atom stereocenters. The minimum absolute atomic E-state index is 0.469. The van der Waals surface area contributed by atoms with E-state index in [0.717, 1.165) is 32.6 Å². The van der Waals surface area contributed by atoms with Crippen molar-refractivity contribution in [3.63, 3.8) is 0 Å². The highest BCUT2D eigenvalue weighted by Crippen LogP contribution is 2.24. The van der Waals surface area contributed by atoms with Crippen molar-refractivity contribution in [1.82, 2.24) is 13.5 Å². The van der Waals surface area contributed by atoms with Crippen LogP contribution in [0, 0.1) is 0 Å². The minimum atomic E-state index is -3.34. The quantitative estimate of drug-likeness (QED) is 0.760. The van der Waals surface area contributed by atoms with Crippen LogP contribution in [0.25, 0.3) is 0 Å². The van der Waals surface area contributed by atoms with Crippen LogP contribution in [0.2, 0.25) is 0 Å². The van der Waals surface area contributed by atoms with Crippen LogP contribution in [0.3, 0.4) is 0 Å². The summed E-state index contributed by atoms with van der Waals surface area (Å²) >= 11 is 0. The minimum Gasteiger partial charge on any atom is -0.379 e. The van der Waals surface area contributed by atoms with Gasteiger partial charge in [0.05, 0.1) is 13.2 Å². The van der Waals surface area contributed by atoms with Crippen LogP contribution in [-0.2, 0) is 14.9 Å². The summed E-state index contributed by atoms with van der Waals surface area (Å²) in [6.45, 7) is 6.83. The van der Waals surface area contributed by atoms with Crippen LogP contribution in [0.4, 0.5) is 5.69 Å². The molecule has 7 nitrogen and oxygen atoms in total. The number of hydrogen-bond acceptors (Lipinski definition) is 5. The summed E-state index contributed by atoms with van der Waals surface area (Å²) in [4.78, 5) is 4.90. The second-order valence-electron chi connectivity index (χ2n) is 7.18. The van der Waals surface area contributed by atoms with Gasteiger partial charge in [0, 0.05) is 64.1 Å². The van der Waals surface area contributed by atoms with Gasteiger partial charge >= 0.3 is 0 Å². The molecule has 0 aromatic heterocycles. The van der Waals surface area contributed by atoms with E-state index in [-0.39, 0.29) is 0 Å². The van der Waals surface area contributed by atoms with Gasteiger partial charge in [0.2, 0.25) is 0 Å². The molecule has 0 N–H and O–H groups in total. The molecule has 3 aliphatic heterocycles. The molecule has 0 aliphatic carbocycles. The molecule has 0 amide bonds. The Morgan fingerprint density at radius 1 is 0.846 bits per heavy atom. The zero-order valence-corrected chi connectivity index (χ0v) is 16.0. The maximum atomic E-state index is 12.8. The Balaban J connectivity index is 1.31. The van der Waals surface area contributed by atoms with Crippen molar-refractivity contribution in [3.8, 4) is 0 Å². The molecule has 4 rings (SSSR count). The number of anilines is 1. The van der Waals surface area contributed by atoms with Gasteiger partial charge in [-0.15, -0.1) is 0 Å². The summed E-state index contributed by atoms with van der Waals surface area (Å²) in [6.07, 6.45) is 1.14. The van der Waals surface area contributed by atoms with Gasteiger partial charge in [0.1, 0.15) is 0 Å². The first-order valence-electron chi connectivity index (χ1n) is 9.51. The first-order valence-corrected chi connectivity index (χ1v) is 10.9. The monoisotopic (exact) mass is 380 g/mol. The highest BCUT2D eigenvalue weighted by Gasteiger charge is 2.36. The molecule has 1 unspecified atom stereocenters. The van der Waals surface area contributed by atoms with Crippen molar-refractivity contribution in [1.29, 1.82) is 0 Å². The Morgan fingerprint density at radius 3 is 2.19 bits per heavy atom. The SMILES string of the molecule is O=S(=O)(N1CCOCC1)N1CCN(C2CCN(c3ccccc3)C2)CC1. The van der Waals surface area contributed by atoms with E-state index in [1.54, 1.807) is 8.61 Å². The van der Waals surface area contributed by atoms with Crippen LogP contribution >= 0.6 is 0 Å². The Morgan fingerprint density at radius 2 is 1.50 bits per heavy atom. The fraction of sp³-hybridized carbons (Fsp3) is 0.667. The molecule has 1 aromatic rings. The molecule has 8 heteroatoms. The molecule has 26 heavy (non-hydrogen) atoms. The summed E-state index contributed by atoms with van der Waals surface area (Å²) in [5, 5.41) is 0. The number of nitrogens with zero attached hydrogens (tertiary/aromatic N) is 4. The van der Waals surface area contributed by atoms with E-state index in [1.165, 1.54) is 5.69 Å². The van der Waals surface area contributed by atoms with Crippen molar-refractivity contribution >= 4 is 15.9 Å². The van der Waals surface area contributed by atoms with E-state index in [1.807, 2.05) is 6.07 Å². The molecular formula is C18H28N4O3S. The lowest BCUT2D eigenvalue weighted by Gasteiger charge is -2.39. The summed E-state index contributed by atoms with van der Waals surface area (Å²) in [5.74, 6) is 0. The Hall–Kier alpha value is -1.19. The number of morpholine rings is 1. The van der Waals surface area contributed by atoms with E-state index in [4.69, 9.17) is 4.74 Å². The number of benzene rings is 1. The van der Waals surface area contributed by atoms with Crippen molar-refractivity contribution < 1.29 is 13.2 Å². The predicted molar refractivity (Wildman–Crippen MR) is 102 cm³/mol. The Bertz CT molecular complexity index is 686. The zero-order chi connectivity index (χ0) is 18.0. The molecule has 144 valence electrons. The highest BCUT2D eigenvalue weighted by atomic mass is 32.2. The van der Waals surface area contributed by atoms with E-state index in [2.05, 4.69) is 34.1 Å². The van der Waals surface area contributed by atoms with E-state index in [0.29, 0.717) is 45.4 Å². The van der Waals surface area contributed by atoms with Crippen LogP contribution in [0.15, 0.2) is 30.3 Å². The van der Waals surface area contributed by atoms with Crippen molar-refractivity contribution in [3.05, 3.63) is 30.3 Å². The fourth-order valence-corrected chi connectivity index (χ4v) is 5.72. The number of piperazine rings is 1. The van der Waals surface area contributed by atoms with Gasteiger partial charge in [-0.25, -0.2) is 0 Å². The second-order valence-corrected chi connectivity index (χ2v) is 9.11. The lowest BCUT2D eigenvalue weighted by atomic mass is 10.2. The maximum absolute atomic E-state index is 12.8. The summed E-state index contributed by atoms with van der Waals surface area (Å²) in [7, 11) is -3.34. The predicted octanol–water partition coefficient (Wildman–Crippen LogP) is 0.460. The molecule has 3 heterocycles. The maximum Gasteiger partial charge on any atom is 0.282 e. The smallest absolute Gasteiger partial charge is 0.282 e. The van der Waals surface area contributed by atoms with E-state index < -0.39 is 10.2 Å². The van der Waals surface area contributed by atoms with Gasteiger partial charge in [-0.2, -0.15) is 17.0 Å². The van der Waals surface area contributed by atoms with Crippen molar-refractivity contribution in [2.75, 3.05) is 70.5 Å². The molecule has 3 aliphatic rings. The molecule has 0 spiro atoms. The molecule has 3 saturated heterocycles. The first kappa shape index (κ1) is 18.2. The Labute approximate surface area is 156 Å². The molecule has 0 bridgehead atoms. The van der Waals surface area contributed by atoms with Gasteiger partial charge in [-0.1, -0.05) is 18.2 Å². The third kappa shape index (κ3) is 3.75. The highest BCUT2D eigenvalue weighted by molar-refractivity contribution is 7.86. The number of hydrogen-bond donors (Lipinski definition) is 0. The van der Waals surface area contributed by atoms with Crippen LogP contribution in [0.5, 0.6) is 0 Å². The molecular weight excluding hydrogens is 352 g/mol. The average molecular weight is 381 g/mol. The molecule has 0 saturated carbocycles. The normalized spacial score (nSPS) is 27.1. The fourth-order valence-electron chi connectivity index (χ4n) is 4.15. The van der Waals surface area contributed by atoms with Gasteiger partial charge in [0.25, 0.3) is 10.2 Å². The Kier molecular flexibility index (Phi) is 5.47. The van der Waals surface area contributed by atoms with E-state index >= 15 is 0 Å². The van der Waals surface area contributed by atoms with Crippen LogP contribution < -0.4 is 4.90 Å². The van der Waals surface area contributed by atoms with Crippen molar-refractivity contribution in [2.45, 2.75) is 12.5 Å². The van der Waals surface area contributed by atoms with Crippen LogP contribution in [0.1, 0.15) is 6.42 Å². The standard InChI is InChI=1S/C18H28N4O3S/c23-26(24,22-12-14-25-15-13-22)21-10-8-19(9-11-21)18-6-7-20(16-18)17-4-2-1-3-5-17/h1-5,18H,6-16H2. The molecule has 1 aromatic carbocycles. The molecule has 3 fully saturated rings. The molecule has 0 radical (unpaired) electrons. The third-order valence-electron chi connectivity index (χ3n) is 5.70. The zero-order valence-electron chi connectivity index (χ0n) is 15.2. The van der Waals surface area contributed by atoms with E-state index in [9.17, 15) is 8.42 Å². The number of rotatable bonds is 4. The van der Waals surface area contributed by atoms with Gasteiger partial charge in [0.15, 0.2) is 0 Å². The third-order valence-corrected chi connectivity index (χ3v) is 7.73. The average Bonchev–Trinajstić information content (AvgIpc) is 3.20. The lowest BCUT2D eigenvalue weighted by Crippen LogP contribution is -2.56. The van der Waals surface area contributed by atoms with Gasteiger partial charge < -0.3 is 9.64 Å². The topological polar surface area (TPSA) is 56.3 Å². The van der Waals surface area contributed by atoms with Crippen LogP contribution in [-0.4, -0.2) is 93.5 Å². The van der Waals surface area contributed by atoms with Crippen molar-refractivity contribution in [2.24, 2.45) is 0 Å². The second kappa shape index (κ2) is 7.82. The van der Waals surface area contributed by atoms with Gasteiger partial charge in [-0.3, -0.25) is 4.90 Å². The first-order chi connectivity index (χ1) is 12.6. The lowest BCUT2D eigenvalue weighted by molar-refractivity contribution is 0.0676. The number of para-hydroxylation sites is 1. The van der Waals surface area contributed by atoms with Gasteiger partial charge in [-0.05, 0) is 18.6 Å². The largest absolute Gasteiger partial charge is 0.379 e. The number of ether oxygens (including phenoxy) is 1.